The van der Waals surface area contributed by atoms with Crippen molar-refractivity contribution in [1.82, 2.24) is 4.98 Å². The average Bonchev–Trinajstić information content (AvgIpc) is 3.15. The van der Waals surface area contributed by atoms with Gasteiger partial charge in [0.1, 0.15) is 29.2 Å². The number of hydrogen-bond acceptors (Lipinski definition) is 5. The Morgan fingerprint density at radius 1 is 1.33 bits per heavy atom. The highest BCUT2D eigenvalue weighted by molar-refractivity contribution is 7.12. The van der Waals surface area contributed by atoms with Crippen molar-refractivity contribution in [1.29, 1.82) is 0 Å². The number of hydrogen-bond donors (Lipinski definition) is 1. The van der Waals surface area contributed by atoms with E-state index in [1.807, 2.05) is 30.3 Å². The molecule has 0 atom stereocenters. The number of rotatable bonds is 5. The molecule has 1 N–H and O–H groups in total. The van der Waals surface area contributed by atoms with Crippen molar-refractivity contribution in [2.45, 2.75) is 6.61 Å². The van der Waals surface area contributed by atoms with Crippen molar-refractivity contribution >= 4 is 17.3 Å². The predicted molar refractivity (Wildman–Crippen MR) is 77.5 cm³/mol. The first-order chi connectivity index (χ1) is 10.2. The van der Waals surface area contributed by atoms with Gasteiger partial charge < -0.3 is 14.3 Å². The van der Waals surface area contributed by atoms with Gasteiger partial charge in [0.15, 0.2) is 0 Å². The minimum atomic E-state index is -0.956. The van der Waals surface area contributed by atoms with E-state index in [1.54, 1.807) is 5.38 Å². The molecule has 6 heteroatoms. The fraction of sp³-hybridized carbons (Fsp3) is 0.0667. The molecule has 0 aliphatic heterocycles. The smallest absolute Gasteiger partial charge is 0.346 e. The Morgan fingerprint density at radius 2 is 2.14 bits per heavy atom. The number of carboxylic acids is 1. The van der Waals surface area contributed by atoms with E-state index in [0.717, 1.165) is 16.9 Å². The molecule has 5 nitrogen and oxygen atoms in total. The van der Waals surface area contributed by atoms with Crippen molar-refractivity contribution in [3.63, 3.8) is 0 Å². The Kier molecular flexibility index (Phi) is 3.70. The second-order valence-electron chi connectivity index (χ2n) is 4.25. The van der Waals surface area contributed by atoms with Crippen LogP contribution in [0.1, 0.15) is 15.4 Å². The molecular formula is C15H11NO4S. The first-order valence-corrected chi connectivity index (χ1v) is 7.05. The summed E-state index contributed by atoms with van der Waals surface area (Å²) in [6.45, 7) is 0.228. The first-order valence-electron chi connectivity index (χ1n) is 6.17. The summed E-state index contributed by atoms with van der Waals surface area (Å²) in [7, 11) is 0. The third-order valence-corrected chi connectivity index (χ3v) is 3.64. The van der Waals surface area contributed by atoms with Crippen molar-refractivity contribution in [2.75, 3.05) is 0 Å². The van der Waals surface area contributed by atoms with E-state index in [2.05, 4.69) is 4.98 Å². The van der Waals surface area contributed by atoms with Crippen LogP contribution in [0.3, 0.4) is 0 Å². The summed E-state index contributed by atoms with van der Waals surface area (Å²) in [5.41, 5.74) is 1.55. The molecule has 0 bridgehead atoms. The molecule has 3 rings (SSSR count). The number of oxazole rings is 1. The van der Waals surface area contributed by atoms with E-state index in [1.165, 1.54) is 12.3 Å². The van der Waals surface area contributed by atoms with Gasteiger partial charge in [-0.1, -0.05) is 18.2 Å². The van der Waals surface area contributed by atoms with Crippen LogP contribution in [0.15, 0.2) is 52.5 Å². The summed E-state index contributed by atoms with van der Waals surface area (Å²) in [5, 5.41) is 10.5. The zero-order valence-electron chi connectivity index (χ0n) is 10.9. The van der Waals surface area contributed by atoms with Gasteiger partial charge in [0.25, 0.3) is 0 Å². The Balaban J connectivity index is 1.66. The topological polar surface area (TPSA) is 72.6 Å². The number of carbonyl (C=O) groups is 1. The van der Waals surface area contributed by atoms with Gasteiger partial charge in [-0.05, 0) is 12.1 Å². The van der Waals surface area contributed by atoms with Crippen LogP contribution in [0.4, 0.5) is 0 Å². The molecule has 0 aliphatic rings. The van der Waals surface area contributed by atoms with Gasteiger partial charge in [-0.25, -0.2) is 9.78 Å². The minimum absolute atomic E-state index is 0.228. The van der Waals surface area contributed by atoms with E-state index in [0.29, 0.717) is 17.3 Å². The van der Waals surface area contributed by atoms with Gasteiger partial charge in [0, 0.05) is 17.0 Å². The van der Waals surface area contributed by atoms with Crippen LogP contribution in [-0.2, 0) is 6.61 Å². The monoisotopic (exact) mass is 301 g/mol. The van der Waals surface area contributed by atoms with Gasteiger partial charge in [0.2, 0.25) is 5.89 Å². The summed E-state index contributed by atoms with van der Waals surface area (Å²) >= 11 is 1.13. The molecular weight excluding hydrogens is 290 g/mol. The maximum Gasteiger partial charge on any atom is 0.346 e. The van der Waals surface area contributed by atoms with Gasteiger partial charge in [-0.15, -0.1) is 11.3 Å². The van der Waals surface area contributed by atoms with E-state index in [-0.39, 0.29) is 11.5 Å². The molecule has 0 fully saturated rings. The lowest BCUT2D eigenvalue weighted by molar-refractivity contribution is 0.0702. The highest BCUT2D eigenvalue weighted by atomic mass is 32.1. The van der Waals surface area contributed by atoms with Gasteiger partial charge in [-0.2, -0.15) is 0 Å². The minimum Gasteiger partial charge on any atom is -0.486 e. The van der Waals surface area contributed by atoms with Crippen LogP contribution in [0, 0.1) is 0 Å². The molecule has 0 spiro atoms. The Bertz CT molecular complexity index is 748. The summed E-state index contributed by atoms with van der Waals surface area (Å²) in [6.07, 6.45) is 1.53. The third-order valence-electron chi connectivity index (χ3n) is 2.75. The molecule has 2 aromatic heterocycles. The fourth-order valence-electron chi connectivity index (χ4n) is 1.75. The summed E-state index contributed by atoms with van der Waals surface area (Å²) in [5.74, 6) is 0.0926. The third kappa shape index (κ3) is 3.11. The van der Waals surface area contributed by atoms with Gasteiger partial charge in [0.05, 0.1) is 0 Å². The SMILES string of the molecule is O=C(O)c1cc(OCc2coc(-c3ccccc3)n2)cs1. The number of benzene rings is 1. The average molecular weight is 301 g/mol. The molecule has 0 saturated heterocycles. The highest BCUT2D eigenvalue weighted by Crippen LogP contribution is 2.23. The van der Waals surface area contributed by atoms with Gasteiger partial charge >= 0.3 is 5.97 Å². The van der Waals surface area contributed by atoms with Crippen LogP contribution in [0.5, 0.6) is 5.75 Å². The van der Waals surface area contributed by atoms with Crippen molar-refractivity contribution in [3.05, 3.63) is 58.6 Å². The number of ether oxygens (including phenoxy) is 1. The van der Waals surface area contributed by atoms with Crippen LogP contribution in [0.2, 0.25) is 0 Å². The van der Waals surface area contributed by atoms with E-state index >= 15 is 0 Å². The van der Waals surface area contributed by atoms with Crippen LogP contribution < -0.4 is 4.74 Å². The van der Waals surface area contributed by atoms with Gasteiger partial charge in [-0.3, -0.25) is 0 Å². The molecule has 0 radical (unpaired) electrons. The molecule has 1 aromatic carbocycles. The Morgan fingerprint density at radius 3 is 2.86 bits per heavy atom. The Hall–Kier alpha value is -2.60. The second kappa shape index (κ2) is 5.80. The van der Waals surface area contributed by atoms with Crippen molar-refractivity contribution in [3.8, 4) is 17.2 Å². The standard InChI is InChI=1S/C15H11NO4S/c17-15(18)13-6-12(9-21-13)19-7-11-8-20-14(16-11)10-4-2-1-3-5-10/h1-6,8-9H,7H2,(H,17,18). The summed E-state index contributed by atoms with van der Waals surface area (Å²) < 4.78 is 10.9. The Labute approximate surface area is 124 Å². The van der Waals surface area contributed by atoms with E-state index < -0.39 is 5.97 Å². The number of aromatic nitrogens is 1. The zero-order valence-corrected chi connectivity index (χ0v) is 11.7. The quantitative estimate of drug-likeness (QED) is 0.778. The lowest BCUT2D eigenvalue weighted by Crippen LogP contribution is -1.95. The maximum atomic E-state index is 10.8. The van der Waals surface area contributed by atoms with Crippen LogP contribution in [0.25, 0.3) is 11.5 Å². The first kappa shape index (κ1) is 13.4. The van der Waals surface area contributed by atoms with E-state index in [4.69, 9.17) is 14.3 Å². The summed E-state index contributed by atoms with van der Waals surface area (Å²) in [6, 6.07) is 11.1. The molecule has 0 unspecified atom stereocenters. The molecule has 0 saturated carbocycles. The fourth-order valence-corrected chi connectivity index (χ4v) is 2.41. The second-order valence-corrected chi connectivity index (χ2v) is 5.16. The van der Waals surface area contributed by atoms with Crippen LogP contribution in [-0.4, -0.2) is 16.1 Å². The zero-order chi connectivity index (χ0) is 14.7. The van der Waals surface area contributed by atoms with E-state index in [9.17, 15) is 4.79 Å². The molecule has 0 amide bonds. The van der Waals surface area contributed by atoms with Crippen molar-refractivity contribution in [2.24, 2.45) is 0 Å². The number of nitrogens with zero attached hydrogens (tertiary/aromatic N) is 1. The molecule has 106 valence electrons. The lowest BCUT2D eigenvalue weighted by Gasteiger charge is -1.99. The number of aromatic carboxylic acids is 1. The molecule has 0 aliphatic carbocycles. The van der Waals surface area contributed by atoms with Crippen molar-refractivity contribution < 1.29 is 19.1 Å². The molecule has 21 heavy (non-hydrogen) atoms. The normalized spacial score (nSPS) is 10.5. The number of thiophene rings is 1. The summed E-state index contributed by atoms with van der Waals surface area (Å²) in [4.78, 5) is 15.4. The van der Waals surface area contributed by atoms with Crippen LogP contribution >= 0.6 is 11.3 Å². The highest BCUT2D eigenvalue weighted by Gasteiger charge is 2.10. The lowest BCUT2D eigenvalue weighted by atomic mass is 10.2. The molecule has 3 aromatic rings. The predicted octanol–water partition coefficient (Wildman–Crippen LogP) is 3.68. The largest absolute Gasteiger partial charge is 0.486 e. The molecule has 2 heterocycles. The number of carboxylic acid groups (broad SMARTS) is 1. The maximum absolute atomic E-state index is 10.8.